The average molecular weight is 291 g/mol. The van der Waals surface area contributed by atoms with E-state index in [9.17, 15) is 10.1 Å². The smallest absolute Gasteiger partial charge is 0.269 e. The molecule has 5 nitrogen and oxygen atoms in total. The van der Waals surface area contributed by atoms with E-state index in [1.54, 1.807) is 18.3 Å². The SMILES string of the molecule is O=[N+]([O-])c1ccc(Nc2ccccc2-c2ccccn2)cc1. The lowest BCUT2D eigenvalue weighted by molar-refractivity contribution is -0.384. The average Bonchev–Trinajstić information content (AvgIpc) is 2.57. The summed E-state index contributed by atoms with van der Waals surface area (Å²) in [5.41, 5.74) is 3.60. The Bertz CT molecular complexity index is 787. The van der Waals surface area contributed by atoms with Gasteiger partial charge in [-0.05, 0) is 30.3 Å². The van der Waals surface area contributed by atoms with Crippen molar-refractivity contribution < 1.29 is 4.92 Å². The van der Waals surface area contributed by atoms with Gasteiger partial charge in [0.05, 0.1) is 10.6 Å². The monoisotopic (exact) mass is 291 g/mol. The molecule has 3 aromatic rings. The molecule has 0 saturated carbocycles. The van der Waals surface area contributed by atoms with Gasteiger partial charge in [-0.3, -0.25) is 15.1 Å². The van der Waals surface area contributed by atoms with Crippen LogP contribution in [0.5, 0.6) is 0 Å². The molecule has 1 heterocycles. The van der Waals surface area contributed by atoms with E-state index in [1.165, 1.54) is 12.1 Å². The molecule has 3 rings (SSSR count). The van der Waals surface area contributed by atoms with Crippen LogP contribution in [0.3, 0.4) is 0 Å². The third-order valence-electron chi connectivity index (χ3n) is 3.23. The maximum atomic E-state index is 10.7. The summed E-state index contributed by atoms with van der Waals surface area (Å²) in [6.07, 6.45) is 1.75. The first-order chi connectivity index (χ1) is 10.7. The van der Waals surface area contributed by atoms with Crippen LogP contribution in [0.25, 0.3) is 11.3 Å². The van der Waals surface area contributed by atoms with Gasteiger partial charge in [0.2, 0.25) is 0 Å². The van der Waals surface area contributed by atoms with Gasteiger partial charge >= 0.3 is 0 Å². The molecule has 5 heteroatoms. The third kappa shape index (κ3) is 2.93. The summed E-state index contributed by atoms with van der Waals surface area (Å²) in [5.74, 6) is 0. The van der Waals surface area contributed by atoms with Crippen LogP contribution >= 0.6 is 0 Å². The molecular weight excluding hydrogens is 278 g/mol. The van der Waals surface area contributed by atoms with Crippen molar-refractivity contribution in [1.82, 2.24) is 4.98 Å². The molecule has 22 heavy (non-hydrogen) atoms. The largest absolute Gasteiger partial charge is 0.355 e. The van der Waals surface area contributed by atoms with E-state index in [0.717, 1.165) is 22.6 Å². The van der Waals surface area contributed by atoms with Crippen LogP contribution < -0.4 is 5.32 Å². The lowest BCUT2D eigenvalue weighted by Gasteiger charge is -2.11. The number of aromatic nitrogens is 1. The van der Waals surface area contributed by atoms with E-state index in [-0.39, 0.29) is 5.69 Å². The molecule has 0 aliphatic carbocycles. The first kappa shape index (κ1) is 13.8. The fraction of sp³-hybridized carbons (Fsp3) is 0. The molecule has 0 bridgehead atoms. The Morgan fingerprint density at radius 3 is 2.32 bits per heavy atom. The summed E-state index contributed by atoms with van der Waals surface area (Å²) < 4.78 is 0. The molecule has 0 unspecified atom stereocenters. The normalized spacial score (nSPS) is 10.2. The highest BCUT2D eigenvalue weighted by molar-refractivity contribution is 5.79. The van der Waals surface area contributed by atoms with Crippen LogP contribution in [0, 0.1) is 10.1 Å². The molecule has 0 atom stereocenters. The van der Waals surface area contributed by atoms with E-state index in [1.807, 2.05) is 42.5 Å². The summed E-state index contributed by atoms with van der Waals surface area (Å²) >= 11 is 0. The predicted molar refractivity (Wildman–Crippen MR) is 86.1 cm³/mol. The molecule has 1 N–H and O–H groups in total. The molecule has 0 aliphatic rings. The first-order valence-electron chi connectivity index (χ1n) is 6.76. The van der Waals surface area contributed by atoms with E-state index >= 15 is 0 Å². The number of hydrogen-bond acceptors (Lipinski definition) is 4. The standard InChI is InChI=1S/C17H13N3O2/c21-20(22)14-10-8-13(9-11-14)19-17-7-2-1-5-15(17)16-6-3-4-12-18-16/h1-12,19H. The zero-order chi connectivity index (χ0) is 15.4. The lowest BCUT2D eigenvalue weighted by Crippen LogP contribution is -1.95. The minimum absolute atomic E-state index is 0.0727. The molecule has 108 valence electrons. The van der Waals surface area contributed by atoms with Crippen LogP contribution in [-0.2, 0) is 0 Å². The van der Waals surface area contributed by atoms with E-state index in [2.05, 4.69) is 10.3 Å². The summed E-state index contributed by atoms with van der Waals surface area (Å²) in [6.45, 7) is 0. The third-order valence-corrected chi connectivity index (χ3v) is 3.23. The fourth-order valence-corrected chi connectivity index (χ4v) is 2.16. The van der Waals surface area contributed by atoms with Crippen molar-refractivity contribution in [3.8, 4) is 11.3 Å². The Balaban J connectivity index is 1.91. The minimum atomic E-state index is -0.411. The van der Waals surface area contributed by atoms with Crippen LogP contribution in [0.15, 0.2) is 72.9 Å². The number of nitro groups is 1. The minimum Gasteiger partial charge on any atom is -0.355 e. The number of pyridine rings is 1. The highest BCUT2D eigenvalue weighted by Gasteiger charge is 2.07. The first-order valence-corrected chi connectivity index (χ1v) is 6.76. The summed E-state index contributed by atoms with van der Waals surface area (Å²) in [6, 6.07) is 19.9. The van der Waals surface area contributed by atoms with Gasteiger partial charge in [0.1, 0.15) is 0 Å². The molecule has 0 fully saturated rings. The second-order valence-electron chi connectivity index (χ2n) is 4.69. The van der Waals surface area contributed by atoms with Crippen LogP contribution in [0.1, 0.15) is 0 Å². The highest BCUT2D eigenvalue weighted by atomic mass is 16.6. The van der Waals surface area contributed by atoms with Gasteiger partial charge in [0, 0.05) is 35.3 Å². The van der Waals surface area contributed by atoms with Crippen molar-refractivity contribution in [2.24, 2.45) is 0 Å². The van der Waals surface area contributed by atoms with Crippen molar-refractivity contribution >= 4 is 17.1 Å². The van der Waals surface area contributed by atoms with Crippen LogP contribution in [0.4, 0.5) is 17.1 Å². The molecule has 0 spiro atoms. The Kier molecular flexibility index (Phi) is 3.78. The van der Waals surface area contributed by atoms with Gasteiger partial charge < -0.3 is 5.32 Å². The number of hydrogen-bond donors (Lipinski definition) is 1. The highest BCUT2D eigenvalue weighted by Crippen LogP contribution is 2.29. The number of nitrogens with zero attached hydrogens (tertiary/aromatic N) is 2. The predicted octanol–water partition coefficient (Wildman–Crippen LogP) is 4.40. The number of nitrogens with one attached hydrogen (secondary N) is 1. The second kappa shape index (κ2) is 6.05. The van der Waals surface area contributed by atoms with E-state index in [4.69, 9.17) is 0 Å². The van der Waals surface area contributed by atoms with Gasteiger partial charge in [-0.25, -0.2) is 0 Å². The zero-order valence-electron chi connectivity index (χ0n) is 11.6. The van der Waals surface area contributed by atoms with Gasteiger partial charge in [-0.15, -0.1) is 0 Å². The molecule has 0 aliphatic heterocycles. The molecule has 1 aromatic heterocycles. The molecular formula is C17H13N3O2. The van der Waals surface area contributed by atoms with Crippen molar-refractivity contribution in [3.05, 3.63) is 83.0 Å². The number of non-ortho nitro benzene ring substituents is 1. The van der Waals surface area contributed by atoms with Gasteiger partial charge in [-0.2, -0.15) is 0 Å². The Morgan fingerprint density at radius 2 is 1.64 bits per heavy atom. The quantitative estimate of drug-likeness (QED) is 0.571. The van der Waals surface area contributed by atoms with Crippen molar-refractivity contribution in [2.45, 2.75) is 0 Å². The summed E-state index contributed by atoms with van der Waals surface area (Å²) in [7, 11) is 0. The second-order valence-corrected chi connectivity index (χ2v) is 4.69. The van der Waals surface area contributed by atoms with Gasteiger partial charge in [0.15, 0.2) is 0 Å². The summed E-state index contributed by atoms with van der Waals surface area (Å²) in [5, 5.41) is 14.0. The van der Waals surface area contributed by atoms with Crippen molar-refractivity contribution in [1.29, 1.82) is 0 Å². The molecule has 2 aromatic carbocycles. The van der Waals surface area contributed by atoms with Gasteiger partial charge in [0.25, 0.3) is 5.69 Å². The number of para-hydroxylation sites is 1. The lowest BCUT2D eigenvalue weighted by atomic mass is 10.1. The number of anilines is 2. The van der Waals surface area contributed by atoms with Crippen molar-refractivity contribution in [3.63, 3.8) is 0 Å². The molecule has 0 amide bonds. The van der Waals surface area contributed by atoms with E-state index in [0.29, 0.717) is 0 Å². The topological polar surface area (TPSA) is 68.1 Å². The van der Waals surface area contributed by atoms with Crippen LogP contribution in [0.2, 0.25) is 0 Å². The Morgan fingerprint density at radius 1 is 0.909 bits per heavy atom. The van der Waals surface area contributed by atoms with Crippen molar-refractivity contribution in [2.75, 3.05) is 5.32 Å². The zero-order valence-corrected chi connectivity index (χ0v) is 11.6. The summed E-state index contributed by atoms with van der Waals surface area (Å²) in [4.78, 5) is 14.6. The maximum absolute atomic E-state index is 10.7. The maximum Gasteiger partial charge on any atom is 0.269 e. The molecule has 0 radical (unpaired) electrons. The van der Waals surface area contributed by atoms with Gasteiger partial charge in [-0.1, -0.05) is 24.3 Å². The van der Waals surface area contributed by atoms with E-state index < -0.39 is 4.92 Å². The Hall–Kier alpha value is -3.21. The Labute approximate surface area is 127 Å². The number of benzene rings is 2. The number of rotatable bonds is 4. The molecule has 0 saturated heterocycles. The number of nitro benzene ring substituents is 1. The van der Waals surface area contributed by atoms with Crippen LogP contribution in [-0.4, -0.2) is 9.91 Å². The fourth-order valence-electron chi connectivity index (χ4n) is 2.16.